The van der Waals surface area contributed by atoms with Crippen molar-refractivity contribution in [3.05, 3.63) is 118 Å². The highest BCUT2D eigenvalue weighted by Gasteiger charge is 2.29. The molecule has 0 bridgehead atoms. The van der Waals surface area contributed by atoms with Gasteiger partial charge in [0.2, 0.25) is 0 Å². The summed E-state index contributed by atoms with van der Waals surface area (Å²) in [5.41, 5.74) is 2.01. The van der Waals surface area contributed by atoms with E-state index in [1.807, 2.05) is 13.0 Å². The van der Waals surface area contributed by atoms with Gasteiger partial charge in [-0.15, -0.1) is 0 Å². The summed E-state index contributed by atoms with van der Waals surface area (Å²) in [5.74, 6) is -1.44. The Morgan fingerprint density at radius 2 is 1.25 bits per heavy atom. The van der Waals surface area contributed by atoms with Gasteiger partial charge in [-0.25, -0.2) is 13.2 Å². The van der Waals surface area contributed by atoms with Gasteiger partial charge in [0.1, 0.15) is 17.5 Å². The Labute approximate surface area is 206 Å². The molecule has 4 rings (SSSR count). The Hall–Kier alpha value is -3.28. The number of halogens is 6. The number of aryl methyl sites for hydroxylation is 4. The van der Waals surface area contributed by atoms with Crippen LogP contribution >= 0.6 is 0 Å². The maximum absolute atomic E-state index is 15.1. The number of alkyl halides is 3. The Morgan fingerprint density at radius 1 is 0.611 bits per heavy atom. The third kappa shape index (κ3) is 5.92. The van der Waals surface area contributed by atoms with Crippen molar-refractivity contribution in [1.82, 2.24) is 0 Å². The van der Waals surface area contributed by atoms with E-state index in [1.54, 1.807) is 24.3 Å². The molecule has 4 aromatic rings. The SMILES string of the molecule is CCCc1cc(F)c(CCc2ccc3c(F)c(CCc4ccc(C(F)(F)F)cc4)ccc3c2)c(F)c1. The van der Waals surface area contributed by atoms with Crippen LogP contribution in [0.4, 0.5) is 26.3 Å². The van der Waals surface area contributed by atoms with Crippen molar-refractivity contribution in [3.8, 4) is 0 Å². The fourth-order valence-electron chi connectivity index (χ4n) is 4.47. The second-order valence-electron chi connectivity index (χ2n) is 9.08. The van der Waals surface area contributed by atoms with Gasteiger partial charge in [-0.1, -0.05) is 55.8 Å². The molecule has 0 fully saturated rings. The molecule has 0 nitrogen and oxygen atoms in total. The van der Waals surface area contributed by atoms with Crippen LogP contribution in [0.3, 0.4) is 0 Å². The molecule has 0 N–H and O–H groups in total. The quantitative estimate of drug-likeness (QED) is 0.212. The van der Waals surface area contributed by atoms with Gasteiger partial charge in [-0.2, -0.15) is 13.2 Å². The number of hydrogen-bond donors (Lipinski definition) is 0. The van der Waals surface area contributed by atoms with Gasteiger partial charge in [0.25, 0.3) is 0 Å². The van der Waals surface area contributed by atoms with Crippen LogP contribution < -0.4 is 0 Å². The zero-order chi connectivity index (χ0) is 25.9. The molecule has 0 aromatic heterocycles. The first kappa shape index (κ1) is 25.8. The largest absolute Gasteiger partial charge is 0.416 e. The molecular weight excluding hydrogens is 474 g/mol. The lowest BCUT2D eigenvalue weighted by molar-refractivity contribution is -0.137. The van der Waals surface area contributed by atoms with Crippen LogP contribution in [-0.4, -0.2) is 0 Å². The molecule has 0 heterocycles. The van der Waals surface area contributed by atoms with E-state index in [4.69, 9.17) is 0 Å². The van der Waals surface area contributed by atoms with Crippen molar-refractivity contribution in [2.45, 2.75) is 51.6 Å². The first-order chi connectivity index (χ1) is 17.2. The highest BCUT2D eigenvalue weighted by atomic mass is 19.4. The van der Waals surface area contributed by atoms with Crippen LogP contribution in [0.1, 0.15) is 46.7 Å². The van der Waals surface area contributed by atoms with Crippen LogP contribution in [-0.2, 0) is 38.3 Å². The minimum Gasteiger partial charge on any atom is -0.207 e. The molecule has 0 saturated carbocycles. The van der Waals surface area contributed by atoms with Crippen LogP contribution in [0.5, 0.6) is 0 Å². The molecule has 188 valence electrons. The molecule has 0 radical (unpaired) electrons. The predicted molar refractivity (Wildman–Crippen MR) is 131 cm³/mol. The minimum atomic E-state index is -4.39. The second-order valence-corrected chi connectivity index (χ2v) is 9.08. The Bertz CT molecular complexity index is 1330. The highest BCUT2D eigenvalue weighted by Crippen LogP contribution is 2.30. The van der Waals surface area contributed by atoms with Crippen molar-refractivity contribution >= 4 is 10.8 Å². The molecule has 0 amide bonds. The van der Waals surface area contributed by atoms with Crippen molar-refractivity contribution < 1.29 is 26.3 Å². The van der Waals surface area contributed by atoms with Gasteiger partial charge in [0.05, 0.1) is 5.56 Å². The van der Waals surface area contributed by atoms with E-state index in [1.165, 1.54) is 24.3 Å². The Morgan fingerprint density at radius 3 is 1.89 bits per heavy atom. The molecule has 4 aromatic carbocycles. The Balaban J connectivity index is 1.45. The normalized spacial score (nSPS) is 11.9. The molecule has 0 atom stereocenters. The first-order valence-corrected chi connectivity index (χ1v) is 12.0. The third-order valence-corrected chi connectivity index (χ3v) is 6.47. The summed E-state index contributed by atoms with van der Waals surface area (Å²) < 4.78 is 82.1. The zero-order valence-electron chi connectivity index (χ0n) is 19.9. The average Bonchev–Trinajstić information content (AvgIpc) is 2.83. The van der Waals surface area contributed by atoms with Crippen molar-refractivity contribution in [3.63, 3.8) is 0 Å². The second kappa shape index (κ2) is 10.8. The smallest absolute Gasteiger partial charge is 0.207 e. The maximum atomic E-state index is 15.1. The van der Waals surface area contributed by atoms with Gasteiger partial charge in [0.15, 0.2) is 0 Å². The van der Waals surface area contributed by atoms with E-state index in [0.29, 0.717) is 53.1 Å². The van der Waals surface area contributed by atoms with Crippen LogP contribution in [0.15, 0.2) is 66.7 Å². The molecule has 36 heavy (non-hydrogen) atoms. The average molecular weight is 501 g/mol. The summed E-state index contributed by atoms with van der Waals surface area (Å²) >= 11 is 0. The van der Waals surface area contributed by atoms with E-state index in [-0.39, 0.29) is 17.8 Å². The summed E-state index contributed by atoms with van der Waals surface area (Å²) in [6, 6.07) is 16.4. The van der Waals surface area contributed by atoms with Crippen molar-refractivity contribution in [2.24, 2.45) is 0 Å². The first-order valence-electron chi connectivity index (χ1n) is 12.0. The lowest BCUT2D eigenvalue weighted by Crippen LogP contribution is -2.04. The van der Waals surface area contributed by atoms with Crippen LogP contribution in [0.25, 0.3) is 10.8 Å². The van der Waals surface area contributed by atoms with Crippen molar-refractivity contribution in [1.29, 1.82) is 0 Å². The van der Waals surface area contributed by atoms with E-state index >= 15 is 4.39 Å². The van der Waals surface area contributed by atoms with E-state index in [0.717, 1.165) is 24.1 Å². The molecule has 0 spiro atoms. The van der Waals surface area contributed by atoms with Gasteiger partial charge in [0, 0.05) is 10.9 Å². The summed E-state index contributed by atoms with van der Waals surface area (Å²) in [5, 5.41) is 1.12. The molecule has 0 aliphatic heterocycles. The topological polar surface area (TPSA) is 0 Å². The molecule has 0 aliphatic carbocycles. The van der Waals surface area contributed by atoms with Crippen LogP contribution in [0.2, 0.25) is 0 Å². The molecule has 0 saturated heterocycles. The highest BCUT2D eigenvalue weighted by molar-refractivity contribution is 5.84. The van der Waals surface area contributed by atoms with E-state index in [2.05, 4.69) is 0 Å². The molecule has 0 aliphatic rings. The number of rotatable bonds is 8. The standard InChI is InChI=1S/C30H26F6/c1-2-3-21-17-27(31)26(28(32)18-21)15-8-20-7-14-25-23(16-20)11-10-22(29(25)33)9-4-19-5-12-24(13-6-19)30(34,35)36/h5-7,10-14,16-18H,2-4,8-9,15H2,1H3. The third-order valence-electron chi connectivity index (χ3n) is 6.47. The van der Waals surface area contributed by atoms with E-state index < -0.39 is 23.4 Å². The maximum Gasteiger partial charge on any atom is 0.416 e. The van der Waals surface area contributed by atoms with Crippen LogP contribution in [0, 0.1) is 17.5 Å². The van der Waals surface area contributed by atoms with E-state index in [9.17, 15) is 22.0 Å². The summed E-state index contributed by atoms with van der Waals surface area (Å²) in [7, 11) is 0. The summed E-state index contributed by atoms with van der Waals surface area (Å²) in [6.07, 6.45) is -1.59. The van der Waals surface area contributed by atoms with Gasteiger partial charge < -0.3 is 0 Å². The van der Waals surface area contributed by atoms with Crippen molar-refractivity contribution in [2.75, 3.05) is 0 Å². The zero-order valence-corrected chi connectivity index (χ0v) is 19.9. The summed E-state index contributed by atoms with van der Waals surface area (Å²) in [4.78, 5) is 0. The predicted octanol–water partition coefficient (Wildman–Crippen LogP) is 8.80. The van der Waals surface area contributed by atoms with Gasteiger partial charge >= 0.3 is 6.18 Å². The number of hydrogen-bond acceptors (Lipinski definition) is 0. The molecule has 6 heteroatoms. The monoisotopic (exact) mass is 500 g/mol. The fourth-order valence-corrected chi connectivity index (χ4v) is 4.47. The Kier molecular flexibility index (Phi) is 7.72. The lowest BCUT2D eigenvalue weighted by Gasteiger charge is -2.11. The van der Waals surface area contributed by atoms with Gasteiger partial charge in [-0.05, 0) is 84.0 Å². The lowest BCUT2D eigenvalue weighted by atomic mass is 9.96. The number of fused-ring (bicyclic) bond motifs is 1. The number of benzene rings is 4. The van der Waals surface area contributed by atoms with Gasteiger partial charge in [-0.3, -0.25) is 0 Å². The fraction of sp³-hybridized carbons (Fsp3) is 0.267. The molecular formula is C30H26F6. The minimum absolute atomic E-state index is 0.0553. The molecule has 0 unspecified atom stereocenters. The summed E-state index contributed by atoms with van der Waals surface area (Å²) in [6.45, 7) is 1.95.